The Bertz CT molecular complexity index is 512. The highest BCUT2D eigenvalue weighted by atomic mass is 19.3. The maximum atomic E-state index is 12.8. The minimum atomic E-state index is -3.66. The Hall–Kier alpha value is -2.05. The number of benzene rings is 1. The second-order valence-electron chi connectivity index (χ2n) is 5.16. The van der Waals surface area contributed by atoms with Crippen LogP contribution in [0.5, 0.6) is 11.5 Å². The number of carbonyl (C=O) groups is 1. The number of anilines is 1. The molecule has 1 aromatic rings. The van der Waals surface area contributed by atoms with Gasteiger partial charge in [-0.2, -0.15) is 0 Å². The second-order valence-corrected chi connectivity index (χ2v) is 5.16. The fourth-order valence-electron chi connectivity index (χ4n) is 1.53. The van der Waals surface area contributed by atoms with E-state index in [4.69, 9.17) is 0 Å². The van der Waals surface area contributed by atoms with Gasteiger partial charge in [-0.3, -0.25) is 0 Å². The molecule has 104 valence electrons. The molecule has 0 saturated carbocycles. The van der Waals surface area contributed by atoms with Crippen LogP contribution in [0.15, 0.2) is 18.2 Å². The highest BCUT2D eigenvalue weighted by Crippen LogP contribution is 2.42. The van der Waals surface area contributed by atoms with Crippen LogP contribution < -0.4 is 20.1 Å². The van der Waals surface area contributed by atoms with E-state index in [1.165, 1.54) is 18.2 Å². The average molecular weight is 272 g/mol. The summed E-state index contributed by atoms with van der Waals surface area (Å²) in [6.45, 7) is 5.48. The Morgan fingerprint density at radius 2 is 1.84 bits per heavy atom. The summed E-state index contributed by atoms with van der Waals surface area (Å²) >= 11 is 0. The van der Waals surface area contributed by atoms with Crippen molar-refractivity contribution in [1.82, 2.24) is 5.32 Å². The van der Waals surface area contributed by atoms with Gasteiger partial charge in [0.25, 0.3) is 0 Å². The van der Waals surface area contributed by atoms with Crippen molar-refractivity contribution < 1.29 is 23.0 Å². The third-order valence-electron chi connectivity index (χ3n) is 2.15. The number of hydrogen-bond acceptors (Lipinski definition) is 3. The Morgan fingerprint density at radius 3 is 2.47 bits per heavy atom. The van der Waals surface area contributed by atoms with Crippen LogP contribution >= 0.6 is 0 Å². The third-order valence-corrected chi connectivity index (χ3v) is 2.15. The number of amides is 2. The maximum absolute atomic E-state index is 12.8. The van der Waals surface area contributed by atoms with E-state index in [-0.39, 0.29) is 11.5 Å². The number of rotatable bonds is 1. The van der Waals surface area contributed by atoms with E-state index in [0.29, 0.717) is 5.69 Å². The second kappa shape index (κ2) is 4.25. The zero-order valence-corrected chi connectivity index (χ0v) is 10.7. The summed E-state index contributed by atoms with van der Waals surface area (Å²) in [6.07, 6.45) is -3.66. The van der Waals surface area contributed by atoms with Crippen LogP contribution in [0.4, 0.5) is 19.3 Å². The van der Waals surface area contributed by atoms with Gasteiger partial charge in [0.15, 0.2) is 11.5 Å². The number of alkyl halides is 2. The van der Waals surface area contributed by atoms with Gasteiger partial charge in [0.05, 0.1) is 0 Å². The van der Waals surface area contributed by atoms with Crippen molar-refractivity contribution in [1.29, 1.82) is 0 Å². The van der Waals surface area contributed by atoms with Crippen LogP contribution in [0.2, 0.25) is 0 Å². The molecule has 1 aliphatic heterocycles. The number of halogens is 2. The molecule has 0 fully saturated rings. The molecule has 0 atom stereocenters. The third kappa shape index (κ3) is 3.46. The normalized spacial score (nSPS) is 16.1. The summed E-state index contributed by atoms with van der Waals surface area (Å²) in [5, 5.41) is 5.21. The van der Waals surface area contributed by atoms with Crippen molar-refractivity contribution in [3.05, 3.63) is 18.2 Å². The van der Waals surface area contributed by atoms with Crippen LogP contribution in [0.3, 0.4) is 0 Å². The molecule has 2 rings (SSSR count). The summed E-state index contributed by atoms with van der Waals surface area (Å²) in [6, 6.07) is 3.60. The number of ether oxygens (including phenoxy) is 2. The summed E-state index contributed by atoms with van der Waals surface area (Å²) < 4.78 is 34.2. The van der Waals surface area contributed by atoms with Gasteiger partial charge in [-0.15, -0.1) is 8.78 Å². The molecular formula is C12H14F2N2O3. The van der Waals surface area contributed by atoms with E-state index in [1.807, 2.05) is 20.8 Å². The maximum Gasteiger partial charge on any atom is 0.586 e. The van der Waals surface area contributed by atoms with Crippen LogP contribution in [-0.4, -0.2) is 17.9 Å². The first kappa shape index (κ1) is 13.4. The lowest BCUT2D eigenvalue weighted by Crippen LogP contribution is -2.43. The molecule has 0 bridgehead atoms. The number of hydrogen-bond donors (Lipinski definition) is 2. The SMILES string of the molecule is CC(C)(C)NC(=O)Nc1ccc2c(c1)OC(F)(F)O2. The molecule has 1 aromatic carbocycles. The molecule has 7 heteroatoms. The minimum Gasteiger partial charge on any atom is -0.395 e. The van der Waals surface area contributed by atoms with Gasteiger partial charge >= 0.3 is 12.3 Å². The molecule has 1 heterocycles. The van der Waals surface area contributed by atoms with Crippen molar-refractivity contribution in [3.8, 4) is 11.5 Å². The zero-order chi connectivity index (χ0) is 14.3. The fraction of sp³-hybridized carbons (Fsp3) is 0.417. The molecule has 1 aliphatic rings. The Balaban J connectivity index is 2.07. The van der Waals surface area contributed by atoms with Gasteiger partial charge in [0.1, 0.15) is 0 Å². The van der Waals surface area contributed by atoms with E-state index in [1.54, 1.807) is 0 Å². The first-order valence-corrected chi connectivity index (χ1v) is 5.64. The van der Waals surface area contributed by atoms with Crippen LogP contribution in [0, 0.1) is 0 Å². The van der Waals surface area contributed by atoms with Crippen LogP contribution in [-0.2, 0) is 0 Å². The predicted octanol–water partition coefficient (Wildman–Crippen LogP) is 2.93. The lowest BCUT2D eigenvalue weighted by molar-refractivity contribution is -0.286. The highest BCUT2D eigenvalue weighted by Gasteiger charge is 2.43. The van der Waals surface area contributed by atoms with E-state index in [9.17, 15) is 13.6 Å². The molecule has 0 aromatic heterocycles. The van der Waals surface area contributed by atoms with Gasteiger partial charge in [-0.05, 0) is 32.9 Å². The van der Waals surface area contributed by atoms with Gasteiger partial charge in [-0.25, -0.2) is 4.79 Å². The van der Waals surface area contributed by atoms with E-state index < -0.39 is 17.9 Å². The number of carbonyl (C=O) groups excluding carboxylic acids is 1. The summed E-state index contributed by atoms with van der Waals surface area (Å²) in [4.78, 5) is 11.6. The highest BCUT2D eigenvalue weighted by molar-refractivity contribution is 5.90. The molecule has 0 aliphatic carbocycles. The largest absolute Gasteiger partial charge is 0.586 e. The van der Waals surface area contributed by atoms with Gasteiger partial charge in [0, 0.05) is 17.3 Å². The lowest BCUT2D eigenvalue weighted by Gasteiger charge is -2.20. The first-order chi connectivity index (χ1) is 8.65. The first-order valence-electron chi connectivity index (χ1n) is 5.64. The summed E-state index contributed by atoms with van der Waals surface area (Å²) in [5.74, 6) is -0.176. The van der Waals surface area contributed by atoms with E-state index in [2.05, 4.69) is 20.1 Å². The lowest BCUT2D eigenvalue weighted by atomic mass is 10.1. The predicted molar refractivity (Wildman–Crippen MR) is 64.6 cm³/mol. The van der Waals surface area contributed by atoms with Crippen LogP contribution in [0.1, 0.15) is 20.8 Å². The number of nitrogens with one attached hydrogen (secondary N) is 2. The Kier molecular flexibility index (Phi) is 3.00. The molecule has 2 N–H and O–H groups in total. The molecule has 0 radical (unpaired) electrons. The smallest absolute Gasteiger partial charge is 0.395 e. The van der Waals surface area contributed by atoms with Gasteiger partial charge in [-0.1, -0.05) is 0 Å². The molecular weight excluding hydrogens is 258 g/mol. The van der Waals surface area contributed by atoms with Crippen molar-refractivity contribution in [3.63, 3.8) is 0 Å². The molecule has 5 nitrogen and oxygen atoms in total. The Labute approximate surface area is 108 Å². The zero-order valence-electron chi connectivity index (χ0n) is 10.7. The standard InChI is InChI=1S/C12H14F2N2O3/c1-11(2,3)16-10(17)15-7-4-5-8-9(6-7)19-12(13,14)18-8/h4-6H,1-3H3,(H2,15,16,17). The minimum absolute atomic E-state index is 0.0632. The topological polar surface area (TPSA) is 59.6 Å². The quantitative estimate of drug-likeness (QED) is 0.826. The fourth-order valence-corrected chi connectivity index (χ4v) is 1.53. The molecule has 0 spiro atoms. The van der Waals surface area contributed by atoms with Crippen molar-refractivity contribution in [2.75, 3.05) is 5.32 Å². The van der Waals surface area contributed by atoms with E-state index >= 15 is 0 Å². The molecule has 19 heavy (non-hydrogen) atoms. The molecule has 0 unspecified atom stereocenters. The van der Waals surface area contributed by atoms with Crippen molar-refractivity contribution in [2.45, 2.75) is 32.6 Å². The average Bonchev–Trinajstić information content (AvgIpc) is 2.47. The number of urea groups is 1. The van der Waals surface area contributed by atoms with Crippen molar-refractivity contribution in [2.24, 2.45) is 0 Å². The van der Waals surface area contributed by atoms with Crippen molar-refractivity contribution >= 4 is 11.7 Å². The Morgan fingerprint density at radius 1 is 1.21 bits per heavy atom. The van der Waals surface area contributed by atoms with Gasteiger partial charge < -0.3 is 20.1 Å². The van der Waals surface area contributed by atoms with Gasteiger partial charge in [0.2, 0.25) is 0 Å². The molecule has 0 saturated heterocycles. The monoisotopic (exact) mass is 272 g/mol. The summed E-state index contributed by atoms with van der Waals surface area (Å²) in [5.41, 5.74) is -0.0604. The van der Waals surface area contributed by atoms with E-state index in [0.717, 1.165) is 0 Å². The van der Waals surface area contributed by atoms with Crippen LogP contribution in [0.25, 0.3) is 0 Å². The summed E-state index contributed by atoms with van der Waals surface area (Å²) in [7, 11) is 0. The number of fused-ring (bicyclic) bond motifs is 1. The molecule has 2 amide bonds.